The van der Waals surface area contributed by atoms with Crippen LogP contribution < -0.4 is 4.90 Å². The van der Waals surface area contributed by atoms with Gasteiger partial charge in [0, 0.05) is 18.6 Å². The van der Waals surface area contributed by atoms with E-state index in [0.29, 0.717) is 13.0 Å². The molecule has 0 radical (unpaired) electrons. The van der Waals surface area contributed by atoms with Gasteiger partial charge in [-0.15, -0.1) is 0 Å². The lowest BCUT2D eigenvalue weighted by Crippen LogP contribution is -2.52. The molecule has 1 amide bonds. The molecule has 1 aromatic rings. The first-order chi connectivity index (χ1) is 11.4. The van der Waals surface area contributed by atoms with E-state index in [1.807, 2.05) is 0 Å². The Hall–Kier alpha value is -2.50. The molecule has 0 unspecified atom stereocenters. The quantitative estimate of drug-likeness (QED) is 0.879. The number of amides is 1. The van der Waals surface area contributed by atoms with Crippen LogP contribution in [0, 0.1) is 11.3 Å². The average molecular weight is 356 g/mol. The van der Waals surface area contributed by atoms with Gasteiger partial charge in [0.05, 0.1) is 23.5 Å². The monoisotopic (exact) mass is 356 g/mol. The smallest absolute Gasteiger partial charge is 0.419 e. The molecule has 1 fully saturated rings. The maximum Gasteiger partial charge on any atom is 0.419 e. The topological polar surface area (TPSA) is 80.5 Å². The zero-order valence-electron chi connectivity index (χ0n) is 14.1. The number of hydrogen-bond acceptors (Lipinski definition) is 4. The minimum atomic E-state index is -4.67. The lowest BCUT2D eigenvalue weighted by atomic mass is 10.0. The molecule has 2 heterocycles. The number of aromatic nitrogens is 1. The third-order valence-corrected chi connectivity index (χ3v) is 4.11. The van der Waals surface area contributed by atoms with E-state index in [9.17, 15) is 23.1 Å². The van der Waals surface area contributed by atoms with E-state index in [2.05, 4.69) is 4.98 Å². The molecule has 1 aromatic heterocycles. The van der Waals surface area contributed by atoms with Crippen LogP contribution in [0.15, 0.2) is 12.3 Å². The first-order valence-electron chi connectivity index (χ1n) is 7.69. The number of rotatable bonds is 2. The maximum absolute atomic E-state index is 13.1. The van der Waals surface area contributed by atoms with Crippen LogP contribution in [0.4, 0.5) is 23.7 Å². The summed E-state index contributed by atoms with van der Waals surface area (Å²) in [5.41, 5.74) is -2.14. The summed E-state index contributed by atoms with van der Waals surface area (Å²) in [6.45, 7) is 6.00. The highest BCUT2D eigenvalue weighted by molar-refractivity contribution is 5.67. The average Bonchev–Trinajstić information content (AvgIpc) is 2.92. The summed E-state index contributed by atoms with van der Waals surface area (Å²) in [6, 6.07) is 2.01. The fourth-order valence-electron chi connectivity index (χ4n) is 3.11. The Bertz CT molecular complexity index is 707. The summed E-state index contributed by atoms with van der Waals surface area (Å²) in [5.74, 6) is 0. The number of anilines is 1. The SMILES string of the molecule is CC(C)(C)N(C(=O)O)[C@@H]1CCN(c2cnc(C#N)c(C(F)(F)F)c2)C1. The van der Waals surface area contributed by atoms with E-state index in [1.165, 1.54) is 17.2 Å². The molecule has 1 saturated heterocycles. The van der Waals surface area contributed by atoms with Gasteiger partial charge in [0.2, 0.25) is 0 Å². The van der Waals surface area contributed by atoms with E-state index < -0.39 is 29.1 Å². The van der Waals surface area contributed by atoms with E-state index in [4.69, 9.17) is 5.26 Å². The van der Waals surface area contributed by atoms with Crippen LogP contribution >= 0.6 is 0 Å². The van der Waals surface area contributed by atoms with Gasteiger partial charge in [-0.05, 0) is 33.3 Å². The van der Waals surface area contributed by atoms with Crippen molar-refractivity contribution in [1.29, 1.82) is 5.26 Å². The van der Waals surface area contributed by atoms with Crippen LogP contribution in [0.5, 0.6) is 0 Å². The van der Waals surface area contributed by atoms with Crippen LogP contribution in [0.2, 0.25) is 0 Å². The summed E-state index contributed by atoms with van der Waals surface area (Å²) >= 11 is 0. The van der Waals surface area contributed by atoms with Gasteiger partial charge in [0.15, 0.2) is 5.69 Å². The number of carbonyl (C=O) groups is 1. The predicted molar refractivity (Wildman–Crippen MR) is 84.2 cm³/mol. The molecule has 9 heteroatoms. The van der Waals surface area contributed by atoms with Crippen molar-refractivity contribution in [2.45, 2.75) is 44.9 Å². The van der Waals surface area contributed by atoms with Crippen molar-refractivity contribution in [2.24, 2.45) is 0 Å². The van der Waals surface area contributed by atoms with Crippen molar-refractivity contribution in [3.05, 3.63) is 23.5 Å². The van der Waals surface area contributed by atoms with Crippen molar-refractivity contribution in [2.75, 3.05) is 18.0 Å². The number of nitrogens with zero attached hydrogens (tertiary/aromatic N) is 4. The first-order valence-corrected chi connectivity index (χ1v) is 7.69. The standard InChI is InChI=1S/C16H19F3N4O2/c1-15(2,3)23(14(24)25)10-4-5-22(9-10)11-6-12(16(17,18)19)13(7-20)21-8-11/h6,8,10H,4-5,9H2,1-3H3,(H,24,25)/t10-/m1/s1. The predicted octanol–water partition coefficient (Wildman–Crippen LogP) is 3.33. The van der Waals surface area contributed by atoms with Crippen molar-refractivity contribution >= 4 is 11.8 Å². The van der Waals surface area contributed by atoms with Gasteiger partial charge in [-0.1, -0.05) is 0 Å². The molecule has 0 saturated carbocycles. The Morgan fingerprint density at radius 1 is 1.44 bits per heavy atom. The fourth-order valence-corrected chi connectivity index (χ4v) is 3.11. The molecule has 2 rings (SSSR count). The van der Waals surface area contributed by atoms with Crippen LogP contribution in [-0.2, 0) is 6.18 Å². The first kappa shape index (κ1) is 18.8. The van der Waals surface area contributed by atoms with Crippen molar-refractivity contribution < 1.29 is 23.1 Å². The molecule has 25 heavy (non-hydrogen) atoms. The van der Waals surface area contributed by atoms with Gasteiger partial charge < -0.3 is 10.0 Å². The van der Waals surface area contributed by atoms with E-state index in [0.717, 1.165) is 6.07 Å². The van der Waals surface area contributed by atoms with Gasteiger partial charge in [0.1, 0.15) is 6.07 Å². The highest BCUT2D eigenvalue weighted by Crippen LogP contribution is 2.35. The summed E-state index contributed by atoms with van der Waals surface area (Å²) in [6.07, 6.45) is -4.01. The Morgan fingerprint density at radius 2 is 2.08 bits per heavy atom. The van der Waals surface area contributed by atoms with Gasteiger partial charge in [-0.2, -0.15) is 18.4 Å². The highest BCUT2D eigenvalue weighted by atomic mass is 19.4. The summed E-state index contributed by atoms with van der Waals surface area (Å²) in [5, 5.41) is 18.3. The molecular formula is C16H19F3N4O2. The van der Waals surface area contributed by atoms with Crippen molar-refractivity contribution in [3.63, 3.8) is 0 Å². The van der Waals surface area contributed by atoms with E-state index >= 15 is 0 Å². The van der Waals surface area contributed by atoms with Gasteiger partial charge in [0.25, 0.3) is 0 Å². The number of pyridine rings is 1. The minimum Gasteiger partial charge on any atom is -0.465 e. The molecule has 1 aliphatic heterocycles. The molecule has 1 atom stereocenters. The molecule has 136 valence electrons. The van der Waals surface area contributed by atoms with Crippen LogP contribution in [-0.4, -0.2) is 45.8 Å². The molecule has 0 spiro atoms. The normalized spacial score (nSPS) is 18.1. The molecule has 0 aliphatic carbocycles. The Kier molecular flexibility index (Phi) is 4.84. The summed E-state index contributed by atoms with van der Waals surface area (Å²) in [7, 11) is 0. The Labute approximate surface area is 143 Å². The second kappa shape index (κ2) is 6.43. The Balaban J connectivity index is 2.28. The van der Waals surface area contributed by atoms with Crippen LogP contribution in [0.1, 0.15) is 38.4 Å². The zero-order valence-corrected chi connectivity index (χ0v) is 14.1. The van der Waals surface area contributed by atoms with Gasteiger partial charge in [-0.25, -0.2) is 9.78 Å². The van der Waals surface area contributed by atoms with E-state index in [-0.39, 0.29) is 18.3 Å². The Morgan fingerprint density at radius 3 is 2.56 bits per heavy atom. The number of halogens is 3. The second-order valence-corrected chi connectivity index (χ2v) is 6.91. The van der Waals surface area contributed by atoms with Gasteiger partial charge >= 0.3 is 12.3 Å². The lowest BCUT2D eigenvalue weighted by Gasteiger charge is -2.38. The lowest BCUT2D eigenvalue weighted by molar-refractivity contribution is -0.138. The molecule has 6 nitrogen and oxygen atoms in total. The molecule has 1 aliphatic rings. The number of alkyl halides is 3. The van der Waals surface area contributed by atoms with Crippen molar-refractivity contribution in [3.8, 4) is 6.07 Å². The van der Waals surface area contributed by atoms with Crippen LogP contribution in [0.25, 0.3) is 0 Å². The van der Waals surface area contributed by atoms with Crippen LogP contribution in [0.3, 0.4) is 0 Å². The van der Waals surface area contributed by atoms with E-state index in [1.54, 1.807) is 25.7 Å². The third-order valence-electron chi connectivity index (χ3n) is 4.11. The number of nitriles is 1. The molecular weight excluding hydrogens is 337 g/mol. The highest BCUT2D eigenvalue weighted by Gasteiger charge is 2.39. The fraction of sp³-hybridized carbons (Fsp3) is 0.562. The molecule has 0 aromatic carbocycles. The molecule has 1 N–H and O–H groups in total. The number of hydrogen-bond donors (Lipinski definition) is 1. The third kappa shape index (κ3) is 3.95. The largest absolute Gasteiger partial charge is 0.465 e. The minimum absolute atomic E-state index is 0.230. The van der Waals surface area contributed by atoms with Crippen molar-refractivity contribution in [1.82, 2.24) is 9.88 Å². The maximum atomic E-state index is 13.1. The molecule has 0 bridgehead atoms. The summed E-state index contributed by atoms with van der Waals surface area (Å²) < 4.78 is 39.2. The zero-order chi connectivity index (χ0) is 19.0. The summed E-state index contributed by atoms with van der Waals surface area (Å²) in [4.78, 5) is 18.2. The number of carboxylic acid groups (broad SMARTS) is 1. The van der Waals surface area contributed by atoms with Gasteiger partial charge in [-0.3, -0.25) is 4.90 Å². The second-order valence-electron chi connectivity index (χ2n) is 6.91.